The molecule has 3 heterocycles. The zero-order valence-electron chi connectivity index (χ0n) is 9.09. The van der Waals surface area contributed by atoms with E-state index in [9.17, 15) is 0 Å². The highest BCUT2D eigenvalue weighted by Gasteiger charge is 2.16. The van der Waals surface area contributed by atoms with Crippen LogP contribution in [0.1, 0.15) is 12.8 Å². The van der Waals surface area contributed by atoms with E-state index in [-0.39, 0.29) is 0 Å². The van der Waals surface area contributed by atoms with Gasteiger partial charge in [-0.3, -0.25) is 4.40 Å². The Labute approximate surface area is 99.1 Å². The van der Waals surface area contributed by atoms with E-state index in [0.717, 1.165) is 17.1 Å². The molecule has 1 saturated heterocycles. The van der Waals surface area contributed by atoms with Gasteiger partial charge in [-0.05, 0) is 24.4 Å². The summed E-state index contributed by atoms with van der Waals surface area (Å²) >= 11 is 5.41. The summed E-state index contributed by atoms with van der Waals surface area (Å²) in [5.74, 6) is 0. The molecule has 1 N–H and O–H groups in total. The third-order valence-corrected chi connectivity index (χ3v) is 3.58. The minimum absolute atomic E-state index is 0.801. The first-order chi connectivity index (χ1) is 7.84. The summed E-state index contributed by atoms with van der Waals surface area (Å²) in [5.41, 5.74) is 0.936. The minimum atomic E-state index is 0.801. The Hall–Kier alpha value is -1.20. The molecule has 0 bridgehead atoms. The number of aromatic nitrogens is 3. The van der Waals surface area contributed by atoms with Crippen molar-refractivity contribution < 1.29 is 4.90 Å². The molecule has 0 unspecified atom stereocenters. The van der Waals surface area contributed by atoms with Gasteiger partial charge in [0.2, 0.25) is 4.77 Å². The van der Waals surface area contributed by atoms with Gasteiger partial charge in [0.05, 0.1) is 13.1 Å². The molecule has 1 aliphatic heterocycles. The molecule has 5 heteroatoms. The van der Waals surface area contributed by atoms with Crippen LogP contribution in [0.15, 0.2) is 24.4 Å². The molecule has 1 aliphatic rings. The summed E-state index contributed by atoms with van der Waals surface area (Å²) in [6.07, 6.45) is 4.63. The summed E-state index contributed by atoms with van der Waals surface area (Å²) in [4.78, 5) is 1.58. The third-order valence-electron chi connectivity index (χ3n) is 3.17. The van der Waals surface area contributed by atoms with E-state index in [1.54, 1.807) is 4.90 Å². The standard InChI is InChI=1S/C11H14N4S/c16-11-14-8-2-1-5-10(14)12-15(11)9-13-6-3-4-7-13/h1-2,5,8H,3-4,6-7,9H2/p+1. The number of hydrogen-bond donors (Lipinski definition) is 1. The maximum Gasteiger partial charge on any atom is 0.207 e. The molecule has 0 radical (unpaired) electrons. The van der Waals surface area contributed by atoms with Crippen molar-refractivity contribution in [2.75, 3.05) is 13.1 Å². The number of quaternary nitrogens is 1. The zero-order chi connectivity index (χ0) is 11.0. The van der Waals surface area contributed by atoms with E-state index < -0.39 is 0 Å². The van der Waals surface area contributed by atoms with Crippen LogP contribution in [-0.4, -0.2) is 27.3 Å². The van der Waals surface area contributed by atoms with Gasteiger partial charge >= 0.3 is 0 Å². The fourth-order valence-corrected chi connectivity index (χ4v) is 2.58. The highest BCUT2D eigenvalue weighted by atomic mass is 32.1. The summed E-state index contributed by atoms with van der Waals surface area (Å²) in [5, 5.41) is 4.53. The SMILES string of the molecule is S=c1n(C[NH+]2CCCC2)nc2ccccn12. The van der Waals surface area contributed by atoms with Gasteiger partial charge in [0.1, 0.15) is 0 Å². The van der Waals surface area contributed by atoms with Crippen LogP contribution in [0.25, 0.3) is 5.65 Å². The number of nitrogens with one attached hydrogen (secondary N) is 1. The molecule has 3 rings (SSSR count). The van der Waals surface area contributed by atoms with Crippen LogP contribution < -0.4 is 4.90 Å². The largest absolute Gasteiger partial charge is 0.316 e. The number of rotatable bonds is 2. The van der Waals surface area contributed by atoms with Crippen LogP contribution in [-0.2, 0) is 6.67 Å². The number of pyridine rings is 1. The Kier molecular flexibility index (Phi) is 2.49. The van der Waals surface area contributed by atoms with E-state index in [1.165, 1.54) is 25.9 Å². The Morgan fingerprint density at radius 2 is 2.12 bits per heavy atom. The van der Waals surface area contributed by atoms with Gasteiger partial charge < -0.3 is 4.90 Å². The van der Waals surface area contributed by atoms with Crippen molar-refractivity contribution in [2.24, 2.45) is 0 Å². The molecule has 0 aromatic carbocycles. The molecule has 0 amide bonds. The van der Waals surface area contributed by atoms with Crippen LogP contribution in [0.2, 0.25) is 0 Å². The van der Waals surface area contributed by atoms with Gasteiger partial charge in [0.15, 0.2) is 12.3 Å². The summed E-state index contributed by atoms with van der Waals surface area (Å²) in [6.45, 7) is 3.39. The molecule has 0 aliphatic carbocycles. The van der Waals surface area contributed by atoms with Crippen LogP contribution in [0, 0.1) is 4.77 Å². The molecule has 1 fully saturated rings. The fourth-order valence-electron chi connectivity index (χ4n) is 2.32. The smallest absolute Gasteiger partial charge is 0.207 e. The first-order valence-corrected chi connectivity index (χ1v) is 6.13. The van der Waals surface area contributed by atoms with Gasteiger partial charge in [0.25, 0.3) is 0 Å². The Bertz CT molecular complexity index is 550. The van der Waals surface area contributed by atoms with Crippen molar-refractivity contribution in [2.45, 2.75) is 19.5 Å². The second-order valence-electron chi connectivity index (χ2n) is 4.33. The predicted octanol–water partition coefficient (Wildman–Crippen LogP) is 0.501. The molecule has 2 aromatic heterocycles. The van der Waals surface area contributed by atoms with Crippen molar-refractivity contribution in [1.29, 1.82) is 0 Å². The lowest BCUT2D eigenvalue weighted by molar-refractivity contribution is -0.911. The third kappa shape index (κ3) is 1.66. The van der Waals surface area contributed by atoms with Crippen molar-refractivity contribution >= 4 is 17.9 Å². The monoisotopic (exact) mass is 235 g/mol. The summed E-state index contributed by atoms with van der Waals surface area (Å²) in [7, 11) is 0. The molecule has 0 saturated carbocycles. The molecule has 2 aromatic rings. The Balaban J connectivity index is 1.97. The van der Waals surface area contributed by atoms with E-state index >= 15 is 0 Å². The van der Waals surface area contributed by atoms with Crippen LogP contribution in [0.5, 0.6) is 0 Å². The molecule has 16 heavy (non-hydrogen) atoms. The second kappa shape index (κ2) is 3.99. The lowest BCUT2D eigenvalue weighted by Gasteiger charge is -2.10. The number of fused-ring (bicyclic) bond motifs is 1. The molecular weight excluding hydrogens is 220 g/mol. The van der Waals surface area contributed by atoms with Crippen LogP contribution >= 0.6 is 12.2 Å². The predicted molar refractivity (Wildman–Crippen MR) is 63.9 cm³/mol. The molecule has 4 nitrogen and oxygen atoms in total. The van der Waals surface area contributed by atoms with E-state index in [2.05, 4.69) is 5.10 Å². The minimum Gasteiger partial charge on any atom is -0.316 e. The normalized spacial score (nSPS) is 17.2. The number of hydrogen-bond acceptors (Lipinski definition) is 2. The average molecular weight is 235 g/mol. The second-order valence-corrected chi connectivity index (χ2v) is 4.69. The van der Waals surface area contributed by atoms with E-state index in [0.29, 0.717) is 0 Å². The zero-order valence-corrected chi connectivity index (χ0v) is 9.91. The first-order valence-electron chi connectivity index (χ1n) is 5.72. The van der Waals surface area contributed by atoms with Gasteiger partial charge in [-0.25, -0.2) is 0 Å². The molecule has 0 atom stereocenters. The van der Waals surface area contributed by atoms with Crippen molar-refractivity contribution in [3.63, 3.8) is 0 Å². The van der Waals surface area contributed by atoms with Crippen LogP contribution in [0.4, 0.5) is 0 Å². The molecular formula is C11H15N4S+. The topological polar surface area (TPSA) is 26.7 Å². The highest BCUT2D eigenvalue weighted by Crippen LogP contribution is 2.01. The molecule has 84 valence electrons. The van der Waals surface area contributed by atoms with Crippen molar-refractivity contribution in [3.05, 3.63) is 29.2 Å². The summed E-state index contributed by atoms with van der Waals surface area (Å²) in [6, 6.07) is 5.97. The van der Waals surface area contributed by atoms with Gasteiger partial charge in [-0.1, -0.05) is 6.07 Å². The first kappa shape index (κ1) is 9.99. The highest BCUT2D eigenvalue weighted by molar-refractivity contribution is 7.71. The van der Waals surface area contributed by atoms with E-state index in [4.69, 9.17) is 12.2 Å². The van der Waals surface area contributed by atoms with Gasteiger partial charge in [-0.15, -0.1) is 5.10 Å². The fraction of sp³-hybridized carbons (Fsp3) is 0.455. The summed E-state index contributed by atoms with van der Waals surface area (Å²) < 4.78 is 4.71. The maximum atomic E-state index is 5.41. The number of nitrogens with zero attached hydrogens (tertiary/aromatic N) is 3. The van der Waals surface area contributed by atoms with Crippen LogP contribution in [0.3, 0.4) is 0 Å². The lowest BCUT2D eigenvalue weighted by atomic mass is 10.4. The van der Waals surface area contributed by atoms with Crippen molar-refractivity contribution in [3.8, 4) is 0 Å². The quantitative estimate of drug-likeness (QED) is 0.767. The van der Waals surface area contributed by atoms with Gasteiger partial charge in [-0.2, -0.15) is 4.68 Å². The lowest BCUT2D eigenvalue weighted by Crippen LogP contribution is -3.09. The molecule has 0 spiro atoms. The average Bonchev–Trinajstić information content (AvgIpc) is 2.90. The maximum absolute atomic E-state index is 5.41. The Morgan fingerprint density at radius 1 is 1.31 bits per heavy atom. The van der Waals surface area contributed by atoms with E-state index in [1.807, 2.05) is 33.5 Å². The Morgan fingerprint density at radius 3 is 2.88 bits per heavy atom. The van der Waals surface area contributed by atoms with Crippen molar-refractivity contribution in [1.82, 2.24) is 14.2 Å². The van der Waals surface area contributed by atoms with Gasteiger partial charge in [0, 0.05) is 19.0 Å². The number of likely N-dealkylation sites (tertiary alicyclic amines) is 1.